The number of ether oxygens (including phenoxy) is 2. The van der Waals surface area contributed by atoms with E-state index < -0.39 is 0 Å². The van der Waals surface area contributed by atoms with Gasteiger partial charge in [-0.15, -0.1) is 11.3 Å². The summed E-state index contributed by atoms with van der Waals surface area (Å²) in [6.45, 7) is 3.95. The Kier molecular flexibility index (Phi) is 5.58. The maximum absolute atomic E-state index is 12.5. The lowest BCUT2D eigenvalue weighted by Crippen LogP contribution is -3.08. The fourth-order valence-electron chi connectivity index (χ4n) is 3.03. The van der Waals surface area contributed by atoms with Gasteiger partial charge in [-0.3, -0.25) is 0 Å². The second kappa shape index (κ2) is 7.88. The highest BCUT2D eigenvalue weighted by Gasteiger charge is 2.29. The maximum atomic E-state index is 12.5. The van der Waals surface area contributed by atoms with Gasteiger partial charge < -0.3 is 19.5 Å². The van der Waals surface area contributed by atoms with Gasteiger partial charge in [0, 0.05) is 12.6 Å². The molecule has 1 aromatic heterocycles. The first-order chi connectivity index (χ1) is 12.5. The van der Waals surface area contributed by atoms with E-state index >= 15 is 0 Å². The highest BCUT2D eigenvalue weighted by atomic mass is 32.1. The molecule has 0 fully saturated rings. The number of nitrogens with one attached hydrogen (secondary N) is 1. The van der Waals surface area contributed by atoms with Crippen LogP contribution in [0.2, 0.25) is 0 Å². The number of methoxy groups -OCH3 is 1. The Labute approximate surface area is 156 Å². The van der Waals surface area contributed by atoms with E-state index in [4.69, 9.17) is 9.47 Å². The lowest BCUT2D eigenvalue weighted by atomic mass is 10.0. The van der Waals surface area contributed by atoms with Gasteiger partial charge in [0.1, 0.15) is 22.9 Å². The Bertz CT molecular complexity index is 844. The Balaban J connectivity index is 2.00. The molecule has 26 heavy (non-hydrogen) atoms. The Morgan fingerprint density at radius 1 is 1.46 bits per heavy atom. The van der Waals surface area contributed by atoms with Gasteiger partial charge in [0.2, 0.25) is 0 Å². The fraction of sp³-hybridized carbons (Fsp3) is 0.368. The van der Waals surface area contributed by atoms with Crippen LogP contribution >= 0.6 is 11.3 Å². The van der Waals surface area contributed by atoms with Gasteiger partial charge in [0.05, 0.1) is 32.2 Å². The molecule has 1 aromatic carbocycles. The zero-order valence-corrected chi connectivity index (χ0v) is 15.9. The summed E-state index contributed by atoms with van der Waals surface area (Å²) in [5, 5.41) is 12.9. The van der Waals surface area contributed by atoms with Crippen molar-refractivity contribution in [2.75, 3.05) is 27.3 Å². The first kappa shape index (κ1) is 18.4. The maximum Gasteiger partial charge on any atom is 0.341 e. The summed E-state index contributed by atoms with van der Waals surface area (Å²) < 4.78 is 10.3. The molecule has 2 heterocycles. The van der Waals surface area contributed by atoms with Crippen molar-refractivity contribution in [3.63, 3.8) is 0 Å². The summed E-state index contributed by atoms with van der Waals surface area (Å²) in [7, 11) is 3.60. The molecule has 6 nitrogen and oxygen atoms in total. The fourth-order valence-corrected chi connectivity index (χ4v) is 4.33. The van der Waals surface area contributed by atoms with Crippen LogP contribution < -0.4 is 14.7 Å². The average Bonchev–Trinajstić information content (AvgIpc) is 2.98. The Hall–Kier alpha value is -2.38. The molecule has 0 bridgehead atoms. The minimum Gasteiger partial charge on any atom is -0.870 e. The topological polar surface area (TPSA) is 75.4 Å². The van der Waals surface area contributed by atoms with Gasteiger partial charge in [-0.1, -0.05) is 17.9 Å². The third kappa shape index (κ3) is 3.59. The molecule has 2 aromatic rings. The first-order valence-electron chi connectivity index (χ1n) is 8.56. The van der Waals surface area contributed by atoms with Gasteiger partial charge in [0.25, 0.3) is 0 Å². The molecule has 0 saturated heterocycles. The first-order valence-corrected chi connectivity index (χ1v) is 9.37. The highest BCUT2D eigenvalue weighted by Crippen LogP contribution is 2.37. The van der Waals surface area contributed by atoms with Crippen molar-refractivity contribution < 1.29 is 24.3 Å². The molecule has 0 spiro atoms. The predicted molar refractivity (Wildman–Crippen MR) is 99.1 cm³/mol. The smallest absolute Gasteiger partial charge is 0.341 e. The van der Waals surface area contributed by atoms with Crippen molar-refractivity contribution >= 4 is 28.5 Å². The van der Waals surface area contributed by atoms with E-state index in [-0.39, 0.29) is 17.5 Å². The van der Waals surface area contributed by atoms with Gasteiger partial charge >= 0.3 is 5.97 Å². The van der Waals surface area contributed by atoms with E-state index in [1.54, 1.807) is 25.1 Å². The number of carbonyl (C=O) groups excluding carboxylic acids is 1. The predicted octanol–water partition coefficient (Wildman–Crippen LogP) is 1.33. The summed E-state index contributed by atoms with van der Waals surface area (Å²) in [5.74, 6) is -0.290. The van der Waals surface area contributed by atoms with Crippen molar-refractivity contribution in [3.05, 3.63) is 39.8 Å². The molecule has 3 rings (SSSR count). The molecular formula is C19H22N2O4S. The second-order valence-corrected chi connectivity index (χ2v) is 7.26. The zero-order valence-electron chi connectivity index (χ0n) is 15.1. The third-order valence-corrected chi connectivity index (χ3v) is 5.51. The lowest BCUT2D eigenvalue weighted by Gasteiger charge is -2.19. The van der Waals surface area contributed by atoms with Crippen molar-refractivity contribution in [2.45, 2.75) is 19.9 Å². The Morgan fingerprint density at radius 3 is 3.00 bits per heavy atom. The molecule has 1 atom stereocenters. The minimum atomic E-state index is -0.343. The van der Waals surface area contributed by atoms with Gasteiger partial charge in [-0.05, 0) is 24.1 Å². The third-order valence-electron chi connectivity index (χ3n) is 4.37. The van der Waals surface area contributed by atoms with Crippen LogP contribution in [0.1, 0.15) is 33.3 Å². The van der Waals surface area contributed by atoms with E-state index in [2.05, 4.69) is 12.0 Å². The summed E-state index contributed by atoms with van der Waals surface area (Å²) in [6.07, 6.45) is 2.33. The van der Waals surface area contributed by atoms with Crippen LogP contribution in [-0.2, 0) is 17.7 Å². The van der Waals surface area contributed by atoms with Gasteiger partial charge in [-0.25, -0.2) is 9.79 Å². The quantitative estimate of drug-likeness (QED) is 0.633. The number of quaternary nitrogens is 1. The molecule has 1 unspecified atom stereocenters. The van der Waals surface area contributed by atoms with Crippen LogP contribution in [-0.4, -0.2) is 39.5 Å². The SMILES string of the molecule is CCOC(=O)c1c(/N=C/c2cccc(OC)c2[O-])sc2c1CC[NH+](C)C2. The summed E-state index contributed by atoms with van der Waals surface area (Å²) >= 11 is 1.50. The number of para-hydroxylation sites is 1. The van der Waals surface area contributed by atoms with Crippen LogP contribution in [0, 0.1) is 0 Å². The van der Waals surface area contributed by atoms with Crippen molar-refractivity contribution in [1.29, 1.82) is 0 Å². The van der Waals surface area contributed by atoms with Gasteiger partial charge in [-0.2, -0.15) is 0 Å². The normalized spacial score (nSPS) is 16.5. The van der Waals surface area contributed by atoms with Crippen molar-refractivity contribution in [2.24, 2.45) is 4.99 Å². The minimum absolute atomic E-state index is 0.220. The number of rotatable bonds is 5. The number of hydrogen-bond donors (Lipinski definition) is 1. The monoisotopic (exact) mass is 374 g/mol. The number of likely N-dealkylation sites (N-methyl/N-ethyl adjacent to an activating group) is 1. The molecule has 138 valence electrons. The van der Waals surface area contributed by atoms with E-state index in [1.165, 1.54) is 29.6 Å². The molecule has 1 aliphatic rings. The summed E-state index contributed by atoms with van der Waals surface area (Å²) in [6, 6.07) is 5.04. The van der Waals surface area contributed by atoms with E-state index in [9.17, 15) is 9.90 Å². The van der Waals surface area contributed by atoms with Crippen molar-refractivity contribution in [1.82, 2.24) is 0 Å². The number of fused-ring (bicyclic) bond motifs is 1. The molecule has 1 aliphatic heterocycles. The van der Waals surface area contributed by atoms with Gasteiger partial charge in [0.15, 0.2) is 0 Å². The van der Waals surface area contributed by atoms with E-state index in [0.717, 1.165) is 30.0 Å². The number of thiophene rings is 1. The average molecular weight is 374 g/mol. The number of nitrogens with zero attached hydrogens (tertiary/aromatic N) is 1. The highest BCUT2D eigenvalue weighted by molar-refractivity contribution is 7.16. The van der Waals surface area contributed by atoms with E-state index in [0.29, 0.717) is 22.7 Å². The molecular weight excluding hydrogens is 352 g/mol. The van der Waals surface area contributed by atoms with Crippen LogP contribution in [0.15, 0.2) is 23.2 Å². The number of aliphatic imine (C=N–C) groups is 1. The molecule has 0 aliphatic carbocycles. The lowest BCUT2D eigenvalue weighted by molar-refractivity contribution is -0.895. The molecule has 7 heteroatoms. The molecule has 0 amide bonds. The van der Waals surface area contributed by atoms with Crippen LogP contribution in [0.5, 0.6) is 11.5 Å². The molecule has 0 radical (unpaired) electrons. The number of esters is 1. The van der Waals surface area contributed by atoms with Crippen LogP contribution in [0.4, 0.5) is 5.00 Å². The van der Waals surface area contributed by atoms with Crippen LogP contribution in [0.25, 0.3) is 0 Å². The zero-order chi connectivity index (χ0) is 18.7. The van der Waals surface area contributed by atoms with Crippen LogP contribution in [0.3, 0.4) is 0 Å². The van der Waals surface area contributed by atoms with E-state index in [1.807, 2.05) is 0 Å². The number of benzene rings is 1. The summed E-state index contributed by atoms with van der Waals surface area (Å²) in [5.41, 5.74) is 2.01. The number of hydrogen-bond acceptors (Lipinski definition) is 6. The molecule has 1 N–H and O–H groups in total. The Morgan fingerprint density at radius 2 is 2.27 bits per heavy atom. The molecule has 0 saturated carbocycles. The standard InChI is InChI=1S/C19H22N2O4S/c1-4-25-19(23)16-13-8-9-21(2)11-15(13)26-18(16)20-10-12-6-5-7-14(24-3)17(12)22/h5-7,10,22H,4,8-9,11H2,1-3H3/b20-10+. The van der Waals surface area contributed by atoms with Crippen molar-refractivity contribution in [3.8, 4) is 11.5 Å². The number of carbonyl (C=O) groups is 1. The largest absolute Gasteiger partial charge is 0.870 e. The second-order valence-electron chi connectivity index (χ2n) is 6.18. The summed E-state index contributed by atoms with van der Waals surface area (Å²) in [4.78, 5) is 19.5.